The molecule has 1 aliphatic heterocycles. The van der Waals surface area contributed by atoms with Crippen LogP contribution in [0.2, 0.25) is 0 Å². The van der Waals surface area contributed by atoms with Gasteiger partial charge in [0.2, 0.25) is 0 Å². The minimum atomic E-state index is 0.263. The van der Waals surface area contributed by atoms with Gasteiger partial charge in [0, 0.05) is 36.2 Å². The van der Waals surface area contributed by atoms with E-state index in [2.05, 4.69) is 40.0 Å². The molecule has 0 aromatic heterocycles. The highest BCUT2D eigenvalue weighted by Crippen LogP contribution is 2.21. The highest BCUT2D eigenvalue weighted by molar-refractivity contribution is 9.10. The second-order valence-electron chi connectivity index (χ2n) is 5.32. The van der Waals surface area contributed by atoms with Gasteiger partial charge in [-0.1, -0.05) is 28.9 Å². The highest BCUT2D eigenvalue weighted by atomic mass is 79.9. The number of hydrogen-bond donors (Lipinski definition) is 1. The Bertz CT molecular complexity index is 413. The summed E-state index contributed by atoms with van der Waals surface area (Å²) in [5.41, 5.74) is 0.263. The molecular weight excluding hydrogens is 304 g/mol. The molecule has 1 saturated heterocycles. The van der Waals surface area contributed by atoms with E-state index < -0.39 is 0 Å². The summed E-state index contributed by atoms with van der Waals surface area (Å²) < 4.78 is 6.90. The number of halogens is 1. The summed E-state index contributed by atoms with van der Waals surface area (Å²) in [6, 6.07) is 8.02. The third kappa shape index (κ3) is 3.94. The number of benzene rings is 1. The van der Waals surface area contributed by atoms with Crippen molar-refractivity contribution in [1.82, 2.24) is 10.2 Å². The topological polar surface area (TPSA) is 24.5 Å². The van der Waals surface area contributed by atoms with E-state index in [0.29, 0.717) is 0 Å². The van der Waals surface area contributed by atoms with Crippen LogP contribution in [0.5, 0.6) is 5.75 Å². The van der Waals surface area contributed by atoms with Crippen molar-refractivity contribution in [1.29, 1.82) is 0 Å². The van der Waals surface area contributed by atoms with Gasteiger partial charge in [-0.3, -0.25) is 4.90 Å². The minimum absolute atomic E-state index is 0.263. The Balaban J connectivity index is 1.84. The van der Waals surface area contributed by atoms with Crippen LogP contribution >= 0.6 is 15.9 Å². The Morgan fingerprint density at radius 1 is 1.47 bits per heavy atom. The Morgan fingerprint density at radius 3 is 3.05 bits per heavy atom. The highest BCUT2D eigenvalue weighted by Gasteiger charge is 2.32. The van der Waals surface area contributed by atoms with Gasteiger partial charge in [-0.25, -0.2) is 0 Å². The van der Waals surface area contributed by atoms with Crippen molar-refractivity contribution < 1.29 is 4.74 Å². The second kappa shape index (κ2) is 6.73. The minimum Gasteiger partial charge on any atom is -0.492 e. The van der Waals surface area contributed by atoms with Crippen LogP contribution in [0.15, 0.2) is 28.7 Å². The molecule has 4 heteroatoms. The summed E-state index contributed by atoms with van der Waals surface area (Å²) in [6.45, 7) is 9.57. The average molecular weight is 327 g/mol. The Kier molecular flexibility index (Phi) is 5.25. The average Bonchev–Trinajstić information content (AvgIpc) is 2.41. The molecule has 1 fully saturated rings. The van der Waals surface area contributed by atoms with Crippen LogP contribution in [-0.2, 0) is 0 Å². The molecule has 1 atom stereocenters. The van der Waals surface area contributed by atoms with E-state index in [4.69, 9.17) is 4.74 Å². The van der Waals surface area contributed by atoms with Gasteiger partial charge in [-0.05, 0) is 31.5 Å². The molecule has 0 bridgehead atoms. The first-order chi connectivity index (χ1) is 9.14. The van der Waals surface area contributed by atoms with Gasteiger partial charge < -0.3 is 10.1 Å². The van der Waals surface area contributed by atoms with Crippen LogP contribution in [-0.4, -0.2) is 43.2 Å². The molecule has 1 aromatic carbocycles. The van der Waals surface area contributed by atoms with E-state index in [1.165, 1.54) is 0 Å². The lowest BCUT2D eigenvalue weighted by molar-refractivity contribution is 0.0575. The largest absolute Gasteiger partial charge is 0.492 e. The van der Waals surface area contributed by atoms with Crippen molar-refractivity contribution in [3.8, 4) is 5.75 Å². The van der Waals surface area contributed by atoms with Gasteiger partial charge in [0.1, 0.15) is 12.4 Å². The molecule has 1 N–H and O–H groups in total. The fraction of sp³-hybridized carbons (Fsp3) is 0.600. The van der Waals surface area contributed by atoms with E-state index in [9.17, 15) is 0 Å². The number of nitrogens with one attached hydrogen (secondary N) is 1. The van der Waals surface area contributed by atoms with Crippen LogP contribution in [0.3, 0.4) is 0 Å². The molecule has 0 saturated carbocycles. The van der Waals surface area contributed by atoms with Crippen LogP contribution in [0, 0.1) is 0 Å². The molecule has 3 nitrogen and oxygen atoms in total. The standard InChI is InChI=1S/C15H23BrN2O/c1-3-15(2)12-17-7-8-18(15)9-10-19-14-6-4-5-13(16)11-14/h4-6,11,17H,3,7-10,12H2,1-2H3. The quantitative estimate of drug-likeness (QED) is 0.900. The first-order valence-electron chi connectivity index (χ1n) is 6.98. The molecule has 0 spiro atoms. The fourth-order valence-corrected chi connectivity index (χ4v) is 2.89. The van der Waals surface area contributed by atoms with Crippen LogP contribution < -0.4 is 10.1 Å². The van der Waals surface area contributed by atoms with Gasteiger partial charge >= 0.3 is 0 Å². The zero-order valence-electron chi connectivity index (χ0n) is 11.8. The number of ether oxygens (including phenoxy) is 1. The normalized spacial score (nSPS) is 24.4. The van der Waals surface area contributed by atoms with Crippen LogP contribution in [0.4, 0.5) is 0 Å². The molecule has 0 amide bonds. The smallest absolute Gasteiger partial charge is 0.120 e. The van der Waals surface area contributed by atoms with Crippen molar-refractivity contribution in [2.75, 3.05) is 32.8 Å². The predicted octanol–water partition coefficient (Wildman–Crippen LogP) is 2.90. The predicted molar refractivity (Wildman–Crippen MR) is 82.8 cm³/mol. The van der Waals surface area contributed by atoms with E-state index in [1.54, 1.807) is 0 Å². The summed E-state index contributed by atoms with van der Waals surface area (Å²) >= 11 is 3.46. The molecular formula is C15H23BrN2O. The van der Waals surface area contributed by atoms with E-state index >= 15 is 0 Å². The molecule has 1 aromatic rings. The van der Waals surface area contributed by atoms with Crippen LogP contribution in [0.25, 0.3) is 0 Å². The first-order valence-corrected chi connectivity index (χ1v) is 7.77. The summed E-state index contributed by atoms with van der Waals surface area (Å²) in [6.07, 6.45) is 1.16. The molecule has 1 heterocycles. The van der Waals surface area contributed by atoms with Gasteiger partial charge in [0.05, 0.1) is 0 Å². The maximum atomic E-state index is 5.84. The SMILES string of the molecule is CCC1(C)CNCCN1CCOc1cccc(Br)c1. The lowest BCUT2D eigenvalue weighted by Crippen LogP contribution is -2.60. The van der Waals surface area contributed by atoms with E-state index in [0.717, 1.165) is 49.4 Å². The molecule has 19 heavy (non-hydrogen) atoms. The molecule has 1 unspecified atom stereocenters. The summed E-state index contributed by atoms with van der Waals surface area (Å²) in [5.74, 6) is 0.933. The van der Waals surface area contributed by atoms with Crippen molar-refractivity contribution in [3.63, 3.8) is 0 Å². The number of rotatable bonds is 5. The number of hydrogen-bond acceptors (Lipinski definition) is 3. The van der Waals surface area contributed by atoms with Crippen molar-refractivity contribution in [3.05, 3.63) is 28.7 Å². The third-order valence-corrected chi connectivity index (χ3v) is 4.51. The zero-order chi connectivity index (χ0) is 13.7. The van der Waals surface area contributed by atoms with E-state index in [1.807, 2.05) is 24.3 Å². The molecule has 0 aliphatic carbocycles. The van der Waals surface area contributed by atoms with Gasteiger partial charge in [-0.2, -0.15) is 0 Å². The summed E-state index contributed by atoms with van der Waals surface area (Å²) in [4.78, 5) is 2.54. The van der Waals surface area contributed by atoms with Crippen molar-refractivity contribution in [2.45, 2.75) is 25.8 Å². The lowest BCUT2D eigenvalue weighted by atomic mass is 9.94. The van der Waals surface area contributed by atoms with Gasteiger partial charge in [-0.15, -0.1) is 0 Å². The molecule has 2 rings (SSSR count). The Hall–Kier alpha value is -0.580. The maximum Gasteiger partial charge on any atom is 0.120 e. The number of nitrogens with zero attached hydrogens (tertiary/aromatic N) is 1. The Morgan fingerprint density at radius 2 is 2.32 bits per heavy atom. The Labute approximate surface area is 124 Å². The lowest BCUT2D eigenvalue weighted by Gasteiger charge is -2.44. The third-order valence-electron chi connectivity index (χ3n) is 4.02. The first kappa shape index (κ1) is 14.8. The molecule has 0 radical (unpaired) electrons. The van der Waals surface area contributed by atoms with Crippen molar-refractivity contribution in [2.24, 2.45) is 0 Å². The zero-order valence-corrected chi connectivity index (χ0v) is 13.4. The van der Waals surface area contributed by atoms with Crippen molar-refractivity contribution >= 4 is 15.9 Å². The molecule has 1 aliphatic rings. The monoisotopic (exact) mass is 326 g/mol. The maximum absolute atomic E-state index is 5.84. The molecule has 106 valence electrons. The number of piperazine rings is 1. The fourth-order valence-electron chi connectivity index (χ4n) is 2.51. The summed E-state index contributed by atoms with van der Waals surface area (Å²) in [5, 5.41) is 3.48. The second-order valence-corrected chi connectivity index (χ2v) is 6.24. The van der Waals surface area contributed by atoms with Gasteiger partial charge in [0.25, 0.3) is 0 Å². The van der Waals surface area contributed by atoms with Gasteiger partial charge in [0.15, 0.2) is 0 Å². The summed E-state index contributed by atoms with van der Waals surface area (Å²) in [7, 11) is 0. The van der Waals surface area contributed by atoms with Crippen LogP contribution in [0.1, 0.15) is 20.3 Å². The van der Waals surface area contributed by atoms with E-state index in [-0.39, 0.29) is 5.54 Å².